The lowest BCUT2D eigenvalue weighted by Gasteiger charge is -2.20. The maximum absolute atomic E-state index is 11.1. The fraction of sp³-hybridized carbons (Fsp3) is 0.353. The van der Waals surface area contributed by atoms with Gasteiger partial charge in [0, 0.05) is 21.5 Å². The van der Waals surface area contributed by atoms with Gasteiger partial charge in [0.25, 0.3) is 0 Å². The molecule has 2 aliphatic carbocycles. The fourth-order valence-electron chi connectivity index (χ4n) is 3.38. The Labute approximate surface area is 141 Å². The Bertz CT molecular complexity index is 676. The van der Waals surface area contributed by atoms with Crippen LogP contribution >= 0.6 is 22.6 Å². The first-order valence-electron chi connectivity index (χ1n) is 7.32. The molecule has 3 aliphatic rings. The Kier molecular flexibility index (Phi) is 3.40. The second kappa shape index (κ2) is 5.30. The summed E-state index contributed by atoms with van der Waals surface area (Å²) in [6, 6.07) is 8.23. The van der Waals surface area contributed by atoms with Gasteiger partial charge in [0.1, 0.15) is 30.1 Å². The van der Waals surface area contributed by atoms with Gasteiger partial charge in [0.2, 0.25) is 0 Å². The van der Waals surface area contributed by atoms with Crippen molar-refractivity contribution in [2.45, 2.75) is 19.1 Å². The molecule has 114 valence electrons. The molecule has 1 saturated heterocycles. The van der Waals surface area contributed by atoms with Crippen molar-refractivity contribution in [2.75, 3.05) is 0 Å². The normalized spacial score (nSPS) is 31.3. The molecule has 2 fully saturated rings. The minimum Gasteiger partial charge on any atom is -0.493 e. The first kappa shape index (κ1) is 14.1. The van der Waals surface area contributed by atoms with Gasteiger partial charge in [-0.1, -0.05) is 12.1 Å². The number of halogens is 1. The summed E-state index contributed by atoms with van der Waals surface area (Å²) in [5, 5.41) is 9.09. The smallest absolute Gasteiger partial charge is 0.310 e. The summed E-state index contributed by atoms with van der Waals surface area (Å²) in [4.78, 5) is 11.1. The van der Waals surface area contributed by atoms with Crippen LogP contribution in [0.5, 0.6) is 0 Å². The molecule has 0 spiro atoms. The third-order valence-corrected chi connectivity index (χ3v) is 5.29. The summed E-state index contributed by atoms with van der Waals surface area (Å²) in [7, 11) is 0. The minimum atomic E-state index is -0.737. The number of carbonyl (C=O) groups is 1. The Hall–Kier alpha value is -1.50. The zero-order valence-electron chi connectivity index (χ0n) is 11.7. The summed E-state index contributed by atoms with van der Waals surface area (Å²) in [5.74, 6) is 1.03. The highest BCUT2D eigenvalue weighted by molar-refractivity contribution is 14.1. The van der Waals surface area contributed by atoms with Crippen LogP contribution in [0.3, 0.4) is 0 Å². The first-order chi connectivity index (χ1) is 10.6. The molecule has 0 radical (unpaired) electrons. The number of benzene rings is 1. The SMILES string of the molecule is O=C(O)[C@H]1[C@@H]2OC3=CC(OCc4ccc(I)cc4)=CCC3[C@@H]21. The fourth-order valence-corrected chi connectivity index (χ4v) is 3.74. The summed E-state index contributed by atoms with van der Waals surface area (Å²) in [6.45, 7) is 0.530. The maximum atomic E-state index is 11.1. The molecule has 1 N–H and O–H groups in total. The van der Waals surface area contributed by atoms with Gasteiger partial charge in [0.05, 0.1) is 0 Å². The van der Waals surface area contributed by atoms with Crippen molar-refractivity contribution < 1.29 is 19.4 Å². The average molecular weight is 410 g/mol. The highest BCUT2D eigenvalue weighted by Crippen LogP contribution is 2.58. The second-order valence-corrected chi connectivity index (χ2v) is 7.18. The van der Waals surface area contributed by atoms with Crippen molar-refractivity contribution in [3.63, 3.8) is 0 Å². The van der Waals surface area contributed by atoms with E-state index in [1.54, 1.807) is 0 Å². The molecule has 5 heteroatoms. The van der Waals surface area contributed by atoms with Crippen LogP contribution in [-0.2, 0) is 20.9 Å². The van der Waals surface area contributed by atoms with Crippen molar-refractivity contribution in [1.29, 1.82) is 0 Å². The van der Waals surface area contributed by atoms with E-state index >= 15 is 0 Å². The highest BCUT2D eigenvalue weighted by atomic mass is 127. The van der Waals surface area contributed by atoms with Gasteiger partial charge < -0.3 is 14.6 Å². The zero-order chi connectivity index (χ0) is 15.3. The van der Waals surface area contributed by atoms with E-state index < -0.39 is 5.97 Å². The Morgan fingerprint density at radius 3 is 2.86 bits per heavy atom. The van der Waals surface area contributed by atoms with Crippen LogP contribution in [0.4, 0.5) is 0 Å². The summed E-state index contributed by atoms with van der Waals surface area (Å²) >= 11 is 2.28. The molecule has 1 aromatic rings. The van der Waals surface area contributed by atoms with Crippen LogP contribution in [0.2, 0.25) is 0 Å². The van der Waals surface area contributed by atoms with Crippen LogP contribution in [-0.4, -0.2) is 17.2 Å². The van der Waals surface area contributed by atoms with Crippen LogP contribution in [0.15, 0.2) is 47.9 Å². The lowest BCUT2D eigenvalue weighted by Crippen LogP contribution is -2.15. The number of rotatable bonds is 4. The van der Waals surface area contributed by atoms with Crippen LogP contribution in [0.25, 0.3) is 0 Å². The molecular weight excluding hydrogens is 395 g/mol. The maximum Gasteiger partial charge on any atom is 0.310 e. The average Bonchev–Trinajstić information content (AvgIpc) is 3.10. The van der Waals surface area contributed by atoms with Crippen LogP contribution in [0.1, 0.15) is 12.0 Å². The van der Waals surface area contributed by atoms with Gasteiger partial charge in [-0.2, -0.15) is 0 Å². The van der Waals surface area contributed by atoms with E-state index in [4.69, 9.17) is 14.6 Å². The van der Waals surface area contributed by atoms with Gasteiger partial charge in [-0.3, -0.25) is 4.79 Å². The molecular formula is C17H15IO4. The topological polar surface area (TPSA) is 55.8 Å². The number of carboxylic acid groups (broad SMARTS) is 1. The molecule has 4 atom stereocenters. The molecule has 1 unspecified atom stereocenters. The molecule has 22 heavy (non-hydrogen) atoms. The molecule has 0 bridgehead atoms. The van der Waals surface area contributed by atoms with E-state index in [2.05, 4.69) is 46.9 Å². The number of aliphatic carboxylic acids is 1. The molecule has 1 aliphatic heterocycles. The molecule has 4 nitrogen and oxygen atoms in total. The van der Waals surface area contributed by atoms with E-state index in [9.17, 15) is 4.79 Å². The molecule has 1 aromatic carbocycles. The van der Waals surface area contributed by atoms with Gasteiger partial charge in [-0.15, -0.1) is 0 Å². The Morgan fingerprint density at radius 1 is 1.36 bits per heavy atom. The summed E-state index contributed by atoms with van der Waals surface area (Å²) < 4.78 is 12.8. The standard InChI is InChI=1S/C17H15IO4/c18-10-3-1-9(2-4-10)8-21-11-5-6-12-13(7-11)22-16-14(12)15(16)17(19)20/h1-5,7,12,14-16H,6,8H2,(H,19,20)/t12?,14-,15-,16-/m1/s1. The number of carboxylic acids is 1. The van der Waals surface area contributed by atoms with E-state index in [1.807, 2.05) is 12.2 Å². The Morgan fingerprint density at radius 2 is 2.14 bits per heavy atom. The molecule has 1 saturated carbocycles. The second-order valence-electron chi connectivity index (χ2n) is 5.93. The third-order valence-electron chi connectivity index (χ3n) is 4.57. The lowest BCUT2D eigenvalue weighted by atomic mass is 9.92. The molecule has 4 rings (SSSR count). The molecule has 0 amide bonds. The van der Waals surface area contributed by atoms with E-state index in [0.29, 0.717) is 6.61 Å². The number of hydrogen-bond donors (Lipinski definition) is 1. The summed E-state index contributed by atoms with van der Waals surface area (Å²) in [5.41, 5.74) is 1.13. The van der Waals surface area contributed by atoms with Crippen molar-refractivity contribution in [3.05, 3.63) is 57.1 Å². The quantitative estimate of drug-likeness (QED) is 0.774. The van der Waals surface area contributed by atoms with Crippen LogP contribution in [0, 0.1) is 21.3 Å². The predicted octanol–water partition coefficient (Wildman–Crippen LogP) is 3.32. The third kappa shape index (κ3) is 2.41. The number of allylic oxidation sites excluding steroid dienone is 3. The van der Waals surface area contributed by atoms with Crippen molar-refractivity contribution in [1.82, 2.24) is 0 Å². The van der Waals surface area contributed by atoms with Gasteiger partial charge in [-0.05, 0) is 52.8 Å². The van der Waals surface area contributed by atoms with E-state index in [-0.39, 0.29) is 23.9 Å². The van der Waals surface area contributed by atoms with Crippen LogP contribution < -0.4 is 0 Å². The number of ether oxygens (including phenoxy) is 2. The first-order valence-corrected chi connectivity index (χ1v) is 8.40. The number of hydrogen-bond acceptors (Lipinski definition) is 3. The van der Waals surface area contributed by atoms with Crippen molar-refractivity contribution in [2.24, 2.45) is 17.8 Å². The van der Waals surface area contributed by atoms with Crippen molar-refractivity contribution >= 4 is 28.6 Å². The minimum absolute atomic E-state index is 0.127. The number of fused-ring (bicyclic) bond motifs is 3. The molecule has 1 heterocycles. The van der Waals surface area contributed by atoms with Crippen molar-refractivity contribution in [3.8, 4) is 0 Å². The lowest BCUT2D eigenvalue weighted by molar-refractivity contribution is -0.140. The monoisotopic (exact) mass is 410 g/mol. The van der Waals surface area contributed by atoms with Gasteiger partial charge in [0.15, 0.2) is 0 Å². The Balaban J connectivity index is 1.38. The molecule has 0 aromatic heterocycles. The zero-order valence-corrected chi connectivity index (χ0v) is 13.9. The summed E-state index contributed by atoms with van der Waals surface area (Å²) in [6.07, 6.45) is 4.65. The predicted molar refractivity (Wildman–Crippen MR) is 87.7 cm³/mol. The highest BCUT2D eigenvalue weighted by Gasteiger charge is 2.66. The van der Waals surface area contributed by atoms with E-state index in [1.165, 1.54) is 3.57 Å². The van der Waals surface area contributed by atoms with Gasteiger partial charge >= 0.3 is 5.97 Å². The van der Waals surface area contributed by atoms with Gasteiger partial charge in [-0.25, -0.2) is 0 Å². The largest absolute Gasteiger partial charge is 0.493 e. The van der Waals surface area contributed by atoms with E-state index in [0.717, 1.165) is 23.5 Å².